The SMILES string of the molecule is CC[C@H](C)[C@H](NCC(=O)NCCc1c(C)cc(C(C)(C)C)cc1C)C(=O)O. The maximum absolute atomic E-state index is 12.1. The van der Waals surface area contributed by atoms with Crippen molar-refractivity contribution in [2.24, 2.45) is 5.92 Å². The van der Waals surface area contributed by atoms with Crippen molar-refractivity contribution >= 4 is 11.9 Å². The molecule has 1 rings (SSSR count). The second-order valence-electron chi connectivity index (χ2n) is 8.52. The number of carbonyl (C=O) groups excluding carboxylic acids is 1. The monoisotopic (exact) mass is 376 g/mol. The van der Waals surface area contributed by atoms with Crippen molar-refractivity contribution < 1.29 is 14.7 Å². The molecule has 27 heavy (non-hydrogen) atoms. The van der Waals surface area contributed by atoms with Gasteiger partial charge < -0.3 is 10.4 Å². The quantitative estimate of drug-likeness (QED) is 0.618. The number of nitrogens with one attached hydrogen (secondary N) is 2. The van der Waals surface area contributed by atoms with Gasteiger partial charge in [-0.05, 0) is 53.9 Å². The summed E-state index contributed by atoms with van der Waals surface area (Å²) in [5.41, 5.74) is 5.19. The smallest absolute Gasteiger partial charge is 0.320 e. The van der Waals surface area contributed by atoms with Crippen LogP contribution in [0, 0.1) is 19.8 Å². The van der Waals surface area contributed by atoms with Crippen LogP contribution in [0.1, 0.15) is 63.3 Å². The summed E-state index contributed by atoms with van der Waals surface area (Å²) in [7, 11) is 0. The van der Waals surface area contributed by atoms with Gasteiger partial charge in [-0.15, -0.1) is 0 Å². The molecule has 1 aromatic carbocycles. The molecule has 1 amide bonds. The number of hydrogen-bond donors (Lipinski definition) is 3. The summed E-state index contributed by atoms with van der Waals surface area (Å²) in [4.78, 5) is 23.4. The molecule has 5 nitrogen and oxygen atoms in total. The third-order valence-corrected chi connectivity index (χ3v) is 5.22. The summed E-state index contributed by atoms with van der Waals surface area (Å²) in [5, 5.41) is 15.0. The Morgan fingerprint density at radius 2 is 1.70 bits per heavy atom. The second-order valence-corrected chi connectivity index (χ2v) is 8.52. The summed E-state index contributed by atoms with van der Waals surface area (Å²) >= 11 is 0. The fraction of sp³-hybridized carbons (Fsp3) is 0.636. The molecule has 0 aliphatic heterocycles. The number of amides is 1. The Kier molecular flexibility index (Phi) is 8.48. The van der Waals surface area contributed by atoms with Crippen LogP contribution in [-0.4, -0.2) is 36.1 Å². The van der Waals surface area contributed by atoms with Crippen LogP contribution >= 0.6 is 0 Å². The molecule has 0 saturated carbocycles. The van der Waals surface area contributed by atoms with E-state index in [2.05, 4.69) is 57.4 Å². The molecular formula is C22H36N2O3. The van der Waals surface area contributed by atoms with E-state index in [9.17, 15) is 14.7 Å². The van der Waals surface area contributed by atoms with Crippen LogP contribution in [0.15, 0.2) is 12.1 Å². The van der Waals surface area contributed by atoms with E-state index in [1.54, 1.807) is 0 Å². The van der Waals surface area contributed by atoms with Gasteiger partial charge in [0.15, 0.2) is 0 Å². The molecule has 0 aromatic heterocycles. The van der Waals surface area contributed by atoms with Crippen LogP contribution in [0.25, 0.3) is 0 Å². The molecule has 0 bridgehead atoms. The third-order valence-electron chi connectivity index (χ3n) is 5.22. The third kappa shape index (κ3) is 6.98. The molecule has 2 atom stereocenters. The molecule has 1 aromatic rings. The Morgan fingerprint density at radius 1 is 1.15 bits per heavy atom. The summed E-state index contributed by atoms with van der Waals surface area (Å²) in [6.07, 6.45) is 1.51. The number of rotatable bonds is 9. The molecule has 0 aliphatic rings. The van der Waals surface area contributed by atoms with Gasteiger partial charge in [0.25, 0.3) is 0 Å². The van der Waals surface area contributed by atoms with Gasteiger partial charge in [-0.2, -0.15) is 0 Å². The Hall–Kier alpha value is -1.88. The minimum atomic E-state index is -0.915. The normalized spacial score (nSPS) is 13.9. The van der Waals surface area contributed by atoms with Gasteiger partial charge in [0.05, 0.1) is 6.54 Å². The lowest BCUT2D eigenvalue weighted by atomic mass is 9.83. The van der Waals surface area contributed by atoms with Gasteiger partial charge >= 0.3 is 5.97 Å². The van der Waals surface area contributed by atoms with E-state index in [4.69, 9.17) is 0 Å². The van der Waals surface area contributed by atoms with Crippen molar-refractivity contribution in [1.29, 1.82) is 0 Å². The van der Waals surface area contributed by atoms with E-state index < -0.39 is 12.0 Å². The maximum Gasteiger partial charge on any atom is 0.320 e. The Balaban J connectivity index is 2.58. The van der Waals surface area contributed by atoms with Gasteiger partial charge in [-0.3, -0.25) is 14.9 Å². The van der Waals surface area contributed by atoms with Gasteiger partial charge in [0.2, 0.25) is 5.91 Å². The van der Waals surface area contributed by atoms with Crippen LogP contribution in [0.3, 0.4) is 0 Å². The summed E-state index contributed by atoms with van der Waals surface area (Å²) in [5.74, 6) is -1.12. The molecule has 3 N–H and O–H groups in total. The number of carboxylic acid groups (broad SMARTS) is 1. The summed E-state index contributed by atoms with van der Waals surface area (Å²) in [6.45, 7) is 15.2. The molecule has 5 heteroatoms. The maximum atomic E-state index is 12.1. The first-order valence-electron chi connectivity index (χ1n) is 9.80. The predicted octanol–water partition coefficient (Wildman–Crippen LogP) is 3.35. The number of benzene rings is 1. The zero-order chi connectivity index (χ0) is 20.8. The van der Waals surface area contributed by atoms with Crippen molar-refractivity contribution in [3.05, 3.63) is 34.4 Å². The van der Waals surface area contributed by atoms with Crippen LogP contribution in [0.5, 0.6) is 0 Å². The number of aryl methyl sites for hydroxylation is 2. The lowest BCUT2D eigenvalue weighted by Gasteiger charge is -2.22. The molecule has 0 fully saturated rings. The average molecular weight is 377 g/mol. The van der Waals surface area contributed by atoms with Crippen molar-refractivity contribution in [3.63, 3.8) is 0 Å². The second kappa shape index (κ2) is 9.88. The van der Waals surface area contributed by atoms with E-state index in [1.807, 2.05) is 13.8 Å². The van der Waals surface area contributed by atoms with Crippen LogP contribution < -0.4 is 10.6 Å². The molecule has 0 heterocycles. The summed E-state index contributed by atoms with van der Waals surface area (Å²) < 4.78 is 0. The Morgan fingerprint density at radius 3 is 2.15 bits per heavy atom. The van der Waals surface area contributed by atoms with E-state index in [-0.39, 0.29) is 23.8 Å². The zero-order valence-corrected chi connectivity index (χ0v) is 17.9. The van der Waals surface area contributed by atoms with Crippen molar-refractivity contribution in [2.75, 3.05) is 13.1 Å². The van der Waals surface area contributed by atoms with Gasteiger partial charge in [-0.1, -0.05) is 53.2 Å². The predicted molar refractivity (Wildman–Crippen MR) is 110 cm³/mol. The van der Waals surface area contributed by atoms with E-state index >= 15 is 0 Å². The highest BCUT2D eigenvalue weighted by atomic mass is 16.4. The molecule has 0 radical (unpaired) electrons. The first-order chi connectivity index (χ1) is 12.5. The fourth-order valence-corrected chi connectivity index (χ4v) is 3.18. The molecule has 0 saturated heterocycles. The summed E-state index contributed by atoms with van der Waals surface area (Å²) in [6, 6.07) is 3.76. The highest BCUT2D eigenvalue weighted by molar-refractivity contribution is 5.80. The van der Waals surface area contributed by atoms with Crippen molar-refractivity contribution in [1.82, 2.24) is 10.6 Å². The molecule has 0 unspecified atom stereocenters. The average Bonchev–Trinajstić information content (AvgIpc) is 2.55. The molecule has 0 spiro atoms. The lowest BCUT2D eigenvalue weighted by molar-refractivity contribution is -0.140. The fourth-order valence-electron chi connectivity index (χ4n) is 3.18. The molecule has 0 aliphatic carbocycles. The number of hydrogen-bond acceptors (Lipinski definition) is 3. The first-order valence-corrected chi connectivity index (χ1v) is 9.80. The zero-order valence-electron chi connectivity index (χ0n) is 17.9. The van der Waals surface area contributed by atoms with E-state index in [0.29, 0.717) is 6.54 Å². The van der Waals surface area contributed by atoms with E-state index in [1.165, 1.54) is 22.3 Å². The van der Waals surface area contributed by atoms with Crippen LogP contribution in [0.2, 0.25) is 0 Å². The van der Waals surface area contributed by atoms with Gasteiger partial charge in [0.1, 0.15) is 6.04 Å². The standard InChI is InChI=1S/C22H36N2O3/c1-8-14(2)20(21(26)27)24-13-19(25)23-10-9-18-15(3)11-17(12-16(18)4)22(5,6)7/h11-12,14,20,24H,8-10,13H2,1-7H3,(H,23,25)(H,26,27)/t14-,20-/m0/s1. The van der Waals surface area contributed by atoms with Crippen molar-refractivity contribution in [3.8, 4) is 0 Å². The van der Waals surface area contributed by atoms with Gasteiger partial charge in [0, 0.05) is 6.54 Å². The Labute approximate surface area is 163 Å². The Bertz CT molecular complexity index is 639. The largest absolute Gasteiger partial charge is 0.480 e. The number of carbonyl (C=O) groups is 2. The van der Waals surface area contributed by atoms with Crippen molar-refractivity contribution in [2.45, 2.75) is 72.8 Å². The minimum absolute atomic E-state index is 0.0161. The molecular weight excluding hydrogens is 340 g/mol. The van der Waals surface area contributed by atoms with Crippen LogP contribution in [0.4, 0.5) is 0 Å². The lowest BCUT2D eigenvalue weighted by Crippen LogP contribution is -2.46. The van der Waals surface area contributed by atoms with Crippen LogP contribution in [-0.2, 0) is 21.4 Å². The van der Waals surface area contributed by atoms with E-state index in [0.717, 1.165) is 12.8 Å². The number of aliphatic carboxylic acids is 1. The topological polar surface area (TPSA) is 78.4 Å². The highest BCUT2D eigenvalue weighted by Crippen LogP contribution is 2.27. The first kappa shape index (κ1) is 23.2. The molecule has 152 valence electrons. The minimum Gasteiger partial charge on any atom is -0.480 e. The number of carboxylic acids is 1. The van der Waals surface area contributed by atoms with Gasteiger partial charge in [-0.25, -0.2) is 0 Å². The highest BCUT2D eigenvalue weighted by Gasteiger charge is 2.23.